The molecule has 0 aromatic carbocycles. The fraction of sp³-hybridized carbons (Fsp3) is 0.769. The van der Waals surface area contributed by atoms with E-state index in [2.05, 4.69) is 15.5 Å². The quantitative estimate of drug-likeness (QED) is 0.872. The maximum atomic E-state index is 11.7. The maximum Gasteiger partial charge on any atom is 0.246 e. The minimum Gasteiger partial charge on any atom is -0.347 e. The van der Waals surface area contributed by atoms with Gasteiger partial charge in [-0.3, -0.25) is 4.79 Å². The molecule has 5 heteroatoms. The van der Waals surface area contributed by atoms with Gasteiger partial charge < -0.3 is 9.84 Å². The molecule has 1 aliphatic rings. The van der Waals surface area contributed by atoms with E-state index in [4.69, 9.17) is 4.52 Å². The minimum absolute atomic E-state index is 0.0800. The van der Waals surface area contributed by atoms with E-state index in [1.54, 1.807) is 6.92 Å². The van der Waals surface area contributed by atoms with Crippen LogP contribution in [-0.2, 0) is 11.3 Å². The van der Waals surface area contributed by atoms with Crippen LogP contribution in [0.1, 0.15) is 56.7 Å². The molecular formula is C13H21N3O2. The molecule has 0 radical (unpaired) electrons. The van der Waals surface area contributed by atoms with E-state index >= 15 is 0 Å². The second-order valence-electron chi connectivity index (χ2n) is 5.05. The van der Waals surface area contributed by atoms with Crippen LogP contribution in [-0.4, -0.2) is 16.0 Å². The Morgan fingerprint density at radius 3 is 2.83 bits per heavy atom. The highest BCUT2D eigenvalue weighted by molar-refractivity contribution is 5.75. The smallest absolute Gasteiger partial charge is 0.246 e. The zero-order valence-electron chi connectivity index (χ0n) is 10.9. The predicted molar refractivity (Wildman–Crippen MR) is 66.7 cm³/mol. The van der Waals surface area contributed by atoms with E-state index in [1.165, 1.54) is 32.1 Å². The van der Waals surface area contributed by atoms with Crippen LogP contribution in [0.2, 0.25) is 0 Å². The lowest BCUT2D eigenvalue weighted by Crippen LogP contribution is -2.23. The first-order valence-corrected chi connectivity index (χ1v) is 6.80. The molecule has 1 fully saturated rings. The third-order valence-electron chi connectivity index (χ3n) is 3.51. The van der Waals surface area contributed by atoms with Crippen LogP contribution in [0, 0.1) is 12.8 Å². The summed E-state index contributed by atoms with van der Waals surface area (Å²) in [6.07, 6.45) is 8.21. The molecule has 0 aliphatic heterocycles. The monoisotopic (exact) mass is 251 g/mol. The Morgan fingerprint density at radius 1 is 1.39 bits per heavy atom. The van der Waals surface area contributed by atoms with Gasteiger partial charge in [-0.15, -0.1) is 0 Å². The van der Waals surface area contributed by atoms with Crippen LogP contribution in [0.3, 0.4) is 0 Å². The van der Waals surface area contributed by atoms with E-state index in [0.717, 1.165) is 12.3 Å². The van der Waals surface area contributed by atoms with E-state index in [-0.39, 0.29) is 5.91 Å². The Bertz CT molecular complexity index is 383. The second kappa shape index (κ2) is 6.52. The molecular weight excluding hydrogens is 230 g/mol. The van der Waals surface area contributed by atoms with E-state index in [0.29, 0.717) is 24.7 Å². The molecule has 1 amide bonds. The van der Waals surface area contributed by atoms with Gasteiger partial charge in [0.2, 0.25) is 11.8 Å². The molecule has 18 heavy (non-hydrogen) atoms. The third-order valence-corrected chi connectivity index (χ3v) is 3.51. The summed E-state index contributed by atoms with van der Waals surface area (Å²) in [6, 6.07) is 0. The molecule has 0 bridgehead atoms. The van der Waals surface area contributed by atoms with Gasteiger partial charge in [-0.1, -0.05) is 37.3 Å². The zero-order valence-corrected chi connectivity index (χ0v) is 10.9. The van der Waals surface area contributed by atoms with Crippen molar-refractivity contribution >= 4 is 5.91 Å². The van der Waals surface area contributed by atoms with E-state index in [9.17, 15) is 4.79 Å². The first-order chi connectivity index (χ1) is 8.74. The van der Waals surface area contributed by atoms with Crippen LogP contribution in [0.4, 0.5) is 0 Å². The highest BCUT2D eigenvalue weighted by atomic mass is 16.5. The van der Waals surface area contributed by atoms with Crippen LogP contribution >= 0.6 is 0 Å². The number of rotatable bonds is 5. The van der Waals surface area contributed by atoms with Crippen LogP contribution < -0.4 is 5.32 Å². The Labute approximate surface area is 107 Å². The molecule has 0 saturated heterocycles. The van der Waals surface area contributed by atoms with Gasteiger partial charge in [-0.05, 0) is 19.3 Å². The van der Waals surface area contributed by atoms with Gasteiger partial charge in [0.15, 0.2) is 5.82 Å². The lowest BCUT2D eigenvalue weighted by atomic mass is 9.86. The van der Waals surface area contributed by atoms with Gasteiger partial charge in [0.05, 0.1) is 6.54 Å². The topological polar surface area (TPSA) is 68.0 Å². The largest absolute Gasteiger partial charge is 0.347 e. The number of aryl methyl sites for hydroxylation is 1. The number of hydrogen-bond acceptors (Lipinski definition) is 4. The fourth-order valence-corrected chi connectivity index (χ4v) is 2.49. The third kappa shape index (κ3) is 4.13. The number of amides is 1. The lowest BCUT2D eigenvalue weighted by molar-refractivity contribution is -0.121. The summed E-state index contributed by atoms with van der Waals surface area (Å²) in [6.45, 7) is 2.10. The Morgan fingerprint density at radius 2 is 2.17 bits per heavy atom. The molecule has 0 spiro atoms. The van der Waals surface area contributed by atoms with Gasteiger partial charge in [0.1, 0.15) is 0 Å². The highest BCUT2D eigenvalue weighted by Crippen LogP contribution is 2.27. The lowest BCUT2D eigenvalue weighted by Gasteiger charge is -2.20. The normalized spacial score (nSPS) is 16.7. The van der Waals surface area contributed by atoms with Gasteiger partial charge in [0.25, 0.3) is 0 Å². The van der Waals surface area contributed by atoms with Gasteiger partial charge in [0, 0.05) is 6.42 Å². The summed E-state index contributed by atoms with van der Waals surface area (Å²) in [5.74, 6) is 1.89. The van der Waals surface area contributed by atoms with Crippen molar-refractivity contribution in [1.82, 2.24) is 15.5 Å². The molecule has 1 aromatic rings. The van der Waals surface area contributed by atoms with Crippen molar-refractivity contribution in [2.45, 2.75) is 58.4 Å². The highest BCUT2D eigenvalue weighted by Gasteiger charge is 2.15. The summed E-state index contributed by atoms with van der Waals surface area (Å²) < 4.78 is 4.93. The van der Waals surface area contributed by atoms with Crippen molar-refractivity contribution in [3.8, 4) is 0 Å². The van der Waals surface area contributed by atoms with Crippen LogP contribution in [0.5, 0.6) is 0 Å². The van der Waals surface area contributed by atoms with Crippen molar-refractivity contribution < 1.29 is 9.32 Å². The fourth-order valence-electron chi connectivity index (χ4n) is 2.49. The Hall–Kier alpha value is -1.39. The number of carbonyl (C=O) groups excluding carboxylic acids is 1. The molecule has 1 N–H and O–H groups in total. The average Bonchev–Trinajstić information content (AvgIpc) is 2.81. The standard InChI is InChI=1S/C13H21N3O2/c1-10-15-13(18-16-10)9-14-12(17)8-7-11-5-3-2-4-6-11/h11H,2-9H2,1H3,(H,14,17). The van der Waals surface area contributed by atoms with Crippen LogP contribution in [0.15, 0.2) is 4.52 Å². The number of nitrogens with one attached hydrogen (secondary N) is 1. The maximum absolute atomic E-state index is 11.7. The predicted octanol–water partition coefficient (Wildman–Crippen LogP) is 2.35. The first kappa shape index (κ1) is 13.1. The van der Waals surface area contributed by atoms with Gasteiger partial charge >= 0.3 is 0 Å². The molecule has 1 saturated carbocycles. The average molecular weight is 251 g/mol. The molecule has 1 aliphatic carbocycles. The van der Waals surface area contributed by atoms with Gasteiger partial charge in [-0.2, -0.15) is 4.98 Å². The Balaban J connectivity index is 1.62. The van der Waals surface area contributed by atoms with E-state index in [1.807, 2.05) is 0 Å². The van der Waals surface area contributed by atoms with Crippen molar-refractivity contribution in [2.24, 2.45) is 5.92 Å². The van der Waals surface area contributed by atoms with Crippen molar-refractivity contribution in [2.75, 3.05) is 0 Å². The second-order valence-corrected chi connectivity index (χ2v) is 5.05. The minimum atomic E-state index is 0.0800. The molecule has 1 heterocycles. The van der Waals surface area contributed by atoms with Crippen molar-refractivity contribution in [3.05, 3.63) is 11.7 Å². The summed E-state index contributed by atoms with van der Waals surface area (Å²) in [4.78, 5) is 15.7. The molecule has 2 rings (SSSR count). The summed E-state index contributed by atoms with van der Waals surface area (Å²) in [5.41, 5.74) is 0. The summed E-state index contributed by atoms with van der Waals surface area (Å²) in [5, 5.41) is 6.49. The van der Waals surface area contributed by atoms with Gasteiger partial charge in [-0.25, -0.2) is 0 Å². The molecule has 0 atom stereocenters. The zero-order chi connectivity index (χ0) is 12.8. The number of aromatic nitrogens is 2. The number of carbonyl (C=O) groups is 1. The molecule has 5 nitrogen and oxygen atoms in total. The van der Waals surface area contributed by atoms with Crippen molar-refractivity contribution in [1.29, 1.82) is 0 Å². The molecule has 0 unspecified atom stereocenters. The Kier molecular flexibility index (Phi) is 4.73. The van der Waals surface area contributed by atoms with E-state index < -0.39 is 0 Å². The summed E-state index contributed by atoms with van der Waals surface area (Å²) in [7, 11) is 0. The molecule has 1 aromatic heterocycles. The first-order valence-electron chi connectivity index (χ1n) is 6.80. The SMILES string of the molecule is Cc1noc(CNC(=O)CCC2CCCCC2)n1. The summed E-state index contributed by atoms with van der Waals surface area (Å²) >= 11 is 0. The number of nitrogens with zero attached hydrogens (tertiary/aromatic N) is 2. The molecule has 100 valence electrons. The van der Waals surface area contributed by atoms with Crippen molar-refractivity contribution in [3.63, 3.8) is 0 Å². The number of hydrogen-bond donors (Lipinski definition) is 1. The van der Waals surface area contributed by atoms with Crippen LogP contribution in [0.25, 0.3) is 0 Å².